The lowest BCUT2D eigenvalue weighted by Crippen LogP contribution is -2.40. The number of nitrogens with two attached hydrogens (primary N) is 1. The molecule has 1 aliphatic carbocycles. The van der Waals surface area contributed by atoms with Crippen molar-refractivity contribution < 1.29 is 11.6 Å². The summed E-state index contributed by atoms with van der Waals surface area (Å²) in [4.78, 5) is 13.9. The van der Waals surface area contributed by atoms with E-state index in [2.05, 4.69) is 0 Å². The van der Waals surface area contributed by atoms with Crippen LogP contribution in [0.1, 0.15) is 32.6 Å². The normalized spacial score (nSPS) is 31.4. The molecule has 1 amide bonds. The molecule has 1 saturated carbocycles. The van der Waals surface area contributed by atoms with Crippen molar-refractivity contribution in [2.24, 2.45) is 11.7 Å². The molecule has 0 spiro atoms. The minimum Gasteiger partial charge on any atom is -0.342 e. The third kappa shape index (κ3) is 1.93. The van der Waals surface area contributed by atoms with Gasteiger partial charge in [0.1, 0.15) is 0 Å². The van der Waals surface area contributed by atoms with Crippen LogP contribution in [0.5, 0.6) is 0 Å². The number of carbonyl (C=O) groups excluding carboxylic acids is 1. The predicted octanol–water partition coefficient (Wildman–Crippen LogP) is 1.77. The number of likely N-dealkylation sites (N-methyl/N-ethyl adjacent to an activating group) is 1. The zero-order valence-corrected chi connectivity index (χ0v) is 10.5. The molecule has 2 rings (SSSR count). The van der Waals surface area contributed by atoms with Crippen LogP contribution in [0.25, 0.3) is 0 Å². The number of benzene rings is 1. The van der Waals surface area contributed by atoms with Gasteiger partial charge in [-0.1, -0.05) is 30.3 Å². The monoisotopic (exact) mass is 251 g/mol. The number of rotatable bonds is 5. The first-order chi connectivity index (χ1) is 10.6. The Morgan fingerprint density at radius 3 is 2.83 bits per heavy atom. The van der Waals surface area contributed by atoms with Gasteiger partial charge in [0, 0.05) is 19.9 Å². The molecular weight excluding hydrogens is 224 g/mol. The molecule has 0 saturated heterocycles. The highest BCUT2D eigenvalue weighted by molar-refractivity contribution is 5.92. The van der Waals surface area contributed by atoms with E-state index in [0.717, 1.165) is 10.5 Å². The van der Waals surface area contributed by atoms with E-state index in [0.29, 0.717) is 13.0 Å². The molecular formula is C15H22N2O. The highest BCUT2D eigenvalue weighted by Gasteiger charge is 2.61. The van der Waals surface area contributed by atoms with Gasteiger partial charge >= 0.3 is 0 Å². The van der Waals surface area contributed by atoms with Crippen LogP contribution in [0, 0.1) is 5.92 Å². The van der Waals surface area contributed by atoms with E-state index in [9.17, 15) is 4.79 Å². The Kier molecular flexibility index (Phi) is 2.25. The van der Waals surface area contributed by atoms with Gasteiger partial charge in [-0.15, -0.1) is 0 Å². The molecule has 18 heavy (non-hydrogen) atoms. The zero-order chi connectivity index (χ0) is 17.5. The first-order valence-electron chi connectivity index (χ1n) is 8.70. The third-order valence-corrected chi connectivity index (χ3v) is 3.76. The number of hydrogen-bond acceptors (Lipinski definition) is 2. The van der Waals surface area contributed by atoms with Crippen LogP contribution in [-0.2, 0) is 10.2 Å². The Morgan fingerprint density at radius 2 is 2.33 bits per heavy atom. The topological polar surface area (TPSA) is 46.3 Å². The van der Waals surface area contributed by atoms with Gasteiger partial charge in [-0.25, -0.2) is 0 Å². The fourth-order valence-corrected chi connectivity index (χ4v) is 2.60. The number of amides is 1. The van der Waals surface area contributed by atoms with E-state index in [1.54, 1.807) is 6.92 Å². The van der Waals surface area contributed by atoms with Gasteiger partial charge in [-0.3, -0.25) is 4.79 Å². The molecule has 2 N–H and O–H groups in total. The summed E-state index contributed by atoms with van der Waals surface area (Å²) in [6.45, 7) is -3.77. The third-order valence-electron chi connectivity index (χ3n) is 3.76. The van der Waals surface area contributed by atoms with Crippen LogP contribution in [0.15, 0.2) is 30.3 Å². The summed E-state index contributed by atoms with van der Waals surface area (Å²) in [5.74, 6) is -0.596. The van der Waals surface area contributed by atoms with Crippen LogP contribution in [0.2, 0.25) is 0 Å². The lowest BCUT2D eigenvalue weighted by Gasteiger charge is -2.26. The zero-order valence-electron chi connectivity index (χ0n) is 15.5. The lowest BCUT2D eigenvalue weighted by atomic mass is 9.91. The van der Waals surface area contributed by atoms with Gasteiger partial charge in [0.05, 0.1) is 5.41 Å². The molecule has 1 aromatic rings. The van der Waals surface area contributed by atoms with Gasteiger partial charge in [0.25, 0.3) is 0 Å². The summed E-state index contributed by atoms with van der Waals surface area (Å²) in [5, 5.41) is 0. The van der Waals surface area contributed by atoms with Crippen LogP contribution in [0.4, 0.5) is 0 Å². The van der Waals surface area contributed by atoms with E-state index in [1.165, 1.54) is 0 Å². The second-order valence-electron chi connectivity index (χ2n) is 4.64. The van der Waals surface area contributed by atoms with E-state index in [-0.39, 0.29) is 12.5 Å². The van der Waals surface area contributed by atoms with Crippen LogP contribution in [0.3, 0.4) is 0 Å². The first-order valence-corrected chi connectivity index (χ1v) is 6.20. The minimum absolute atomic E-state index is 0.0178. The molecule has 3 heteroatoms. The van der Waals surface area contributed by atoms with Crippen LogP contribution >= 0.6 is 0 Å². The van der Waals surface area contributed by atoms with Gasteiger partial charge in [0.15, 0.2) is 0 Å². The van der Waals surface area contributed by atoms with E-state index < -0.39 is 24.7 Å². The molecule has 0 unspecified atom stereocenters. The molecule has 0 radical (unpaired) electrons. The average molecular weight is 251 g/mol. The van der Waals surface area contributed by atoms with E-state index in [4.69, 9.17) is 12.6 Å². The Morgan fingerprint density at radius 1 is 1.61 bits per heavy atom. The number of hydrogen-bond donors (Lipinski definition) is 1. The Balaban J connectivity index is 2.43. The molecule has 0 aromatic heterocycles. The van der Waals surface area contributed by atoms with Gasteiger partial charge in [0.2, 0.25) is 5.91 Å². The summed E-state index contributed by atoms with van der Waals surface area (Å²) in [6.07, 6.45) is 0.514. The van der Waals surface area contributed by atoms with Crippen molar-refractivity contribution in [3.05, 3.63) is 35.9 Å². The van der Waals surface area contributed by atoms with Crippen molar-refractivity contribution in [2.75, 3.05) is 19.6 Å². The number of carbonyl (C=O) groups is 1. The standard InChI is InChI=1S/C15H22N2O/c1-3-17(4-2)14(18)15(10-13(15)11-16)12-8-6-5-7-9-12/h5-9,13H,3-4,10-11,16H2,1-2H3/t13-,15+/m1/s1/i1D3,3D2. The smallest absolute Gasteiger partial charge is 0.233 e. The van der Waals surface area contributed by atoms with Crippen molar-refractivity contribution in [2.45, 2.75) is 25.6 Å². The Hall–Kier alpha value is -1.35. The first kappa shape index (κ1) is 7.95. The molecule has 0 bridgehead atoms. The Bertz CT molecular complexity index is 575. The maximum Gasteiger partial charge on any atom is 0.233 e. The highest BCUT2D eigenvalue weighted by atomic mass is 16.2. The Labute approximate surface area is 116 Å². The fourth-order valence-electron chi connectivity index (χ4n) is 2.60. The SMILES string of the molecule is [2H]C([2H])([2H])C([2H])([2H])N(CC)C(=O)[C@]1(c2ccccc2)C[C@@H]1CN. The summed E-state index contributed by atoms with van der Waals surface area (Å²) >= 11 is 0. The predicted molar refractivity (Wildman–Crippen MR) is 73.2 cm³/mol. The summed E-state index contributed by atoms with van der Waals surface area (Å²) < 4.78 is 38.2. The van der Waals surface area contributed by atoms with E-state index >= 15 is 0 Å². The molecule has 0 aliphatic heterocycles. The summed E-state index contributed by atoms with van der Waals surface area (Å²) in [5.41, 5.74) is 5.60. The van der Waals surface area contributed by atoms with Crippen molar-refractivity contribution in [3.8, 4) is 0 Å². The minimum atomic E-state index is -2.91. The van der Waals surface area contributed by atoms with Crippen molar-refractivity contribution in [3.63, 3.8) is 0 Å². The maximum atomic E-state index is 13.1. The average Bonchev–Trinajstić information content (AvgIpc) is 3.23. The largest absolute Gasteiger partial charge is 0.342 e. The van der Waals surface area contributed by atoms with Crippen molar-refractivity contribution in [1.82, 2.24) is 4.90 Å². The molecule has 0 heterocycles. The lowest BCUT2D eigenvalue weighted by molar-refractivity contribution is -0.134. The van der Waals surface area contributed by atoms with Crippen LogP contribution < -0.4 is 5.73 Å². The molecule has 3 nitrogen and oxygen atoms in total. The second kappa shape index (κ2) is 5.11. The number of nitrogens with zero attached hydrogens (tertiary/aromatic N) is 1. The molecule has 1 aliphatic rings. The van der Waals surface area contributed by atoms with Gasteiger partial charge < -0.3 is 10.6 Å². The second-order valence-corrected chi connectivity index (χ2v) is 4.64. The van der Waals surface area contributed by atoms with E-state index in [1.807, 2.05) is 30.3 Å². The van der Waals surface area contributed by atoms with Crippen molar-refractivity contribution >= 4 is 5.91 Å². The fraction of sp³-hybridized carbons (Fsp3) is 0.533. The molecule has 2 atom stereocenters. The van der Waals surface area contributed by atoms with Crippen LogP contribution in [-0.4, -0.2) is 30.4 Å². The van der Waals surface area contributed by atoms with Gasteiger partial charge in [-0.05, 0) is 38.2 Å². The highest BCUT2D eigenvalue weighted by Crippen LogP contribution is 2.54. The van der Waals surface area contributed by atoms with Crippen molar-refractivity contribution in [1.29, 1.82) is 0 Å². The van der Waals surface area contributed by atoms with Gasteiger partial charge in [-0.2, -0.15) is 0 Å². The quantitative estimate of drug-likeness (QED) is 0.867. The maximum absolute atomic E-state index is 13.1. The summed E-state index contributed by atoms with van der Waals surface area (Å²) in [7, 11) is 0. The summed E-state index contributed by atoms with van der Waals surface area (Å²) in [6, 6.07) is 9.08. The molecule has 1 aromatic carbocycles. The molecule has 98 valence electrons. The molecule has 1 fully saturated rings.